The van der Waals surface area contributed by atoms with Gasteiger partial charge >= 0.3 is 0 Å². The number of imidazole rings is 1. The Bertz CT molecular complexity index is 733. The molecule has 0 aliphatic heterocycles. The van der Waals surface area contributed by atoms with Crippen LogP contribution in [0.2, 0.25) is 5.02 Å². The van der Waals surface area contributed by atoms with E-state index >= 15 is 0 Å². The first-order valence-corrected chi connectivity index (χ1v) is 5.86. The molecule has 0 fully saturated rings. The number of hydrogen-bond acceptors (Lipinski definition) is 2. The third-order valence-electron chi connectivity index (χ3n) is 2.74. The quantitative estimate of drug-likeness (QED) is 0.669. The van der Waals surface area contributed by atoms with Crippen LogP contribution >= 0.6 is 11.6 Å². The number of rotatable bonds is 1. The van der Waals surface area contributed by atoms with Gasteiger partial charge in [-0.15, -0.1) is 0 Å². The summed E-state index contributed by atoms with van der Waals surface area (Å²) in [5, 5.41) is 0.547. The summed E-state index contributed by atoms with van der Waals surface area (Å²) in [4.78, 5) is 16.5. The summed E-state index contributed by atoms with van der Waals surface area (Å²) in [5.74, 6) is -0.133. The van der Waals surface area contributed by atoms with Crippen LogP contribution in [-0.2, 0) is 0 Å². The van der Waals surface area contributed by atoms with Gasteiger partial charge in [-0.25, -0.2) is 4.98 Å². The molecule has 3 rings (SSSR count). The van der Waals surface area contributed by atoms with Gasteiger partial charge in [-0.1, -0.05) is 29.8 Å². The molecular weight excluding hydrogens is 248 g/mol. The Morgan fingerprint density at radius 2 is 1.94 bits per heavy atom. The average Bonchev–Trinajstić information content (AvgIpc) is 2.82. The van der Waals surface area contributed by atoms with Gasteiger partial charge in [0.2, 0.25) is 0 Å². The predicted octanol–water partition coefficient (Wildman–Crippen LogP) is 3.38. The summed E-state index contributed by atoms with van der Waals surface area (Å²) < 4.78 is 1.53. The number of aromatic nitrogens is 2. The molecule has 0 spiro atoms. The SMILES string of the molecule is O=C(c1cccc(Cl)c1)n1cnc2ccccc21. The highest BCUT2D eigenvalue weighted by Gasteiger charge is 2.11. The van der Waals surface area contributed by atoms with Crippen molar-refractivity contribution in [3.8, 4) is 0 Å². The standard InChI is InChI=1S/C14H9ClN2O/c15-11-5-3-4-10(8-11)14(18)17-9-16-12-6-1-2-7-13(12)17/h1-9H. The fourth-order valence-corrected chi connectivity index (χ4v) is 2.07. The van der Waals surface area contributed by atoms with E-state index in [0.29, 0.717) is 10.6 Å². The van der Waals surface area contributed by atoms with Crippen LogP contribution < -0.4 is 0 Å². The van der Waals surface area contributed by atoms with E-state index in [-0.39, 0.29) is 5.91 Å². The molecule has 1 heterocycles. The molecule has 18 heavy (non-hydrogen) atoms. The number of fused-ring (bicyclic) bond motifs is 1. The van der Waals surface area contributed by atoms with Crippen LogP contribution in [0.3, 0.4) is 0 Å². The van der Waals surface area contributed by atoms with Crippen molar-refractivity contribution in [1.29, 1.82) is 0 Å². The number of para-hydroxylation sites is 2. The van der Waals surface area contributed by atoms with Crippen molar-refractivity contribution in [3.63, 3.8) is 0 Å². The van der Waals surface area contributed by atoms with E-state index < -0.39 is 0 Å². The molecule has 1 aromatic heterocycles. The second-order valence-corrected chi connectivity index (χ2v) is 4.36. The molecule has 0 bridgehead atoms. The number of carbonyl (C=O) groups excluding carboxylic acids is 1. The van der Waals surface area contributed by atoms with Crippen molar-refractivity contribution < 1.29 is 4.79 Å². The molecule has 0 atom stereocenters. The lowest BCUT2D eigenvalue weighted by Crippen LogP contribution is -2.10. The van der Waals surface area contributed by atoms with E-state index in [1.807, 2.05) is 24.3 Å². The van der Waals surface area contributed by atoms with Gasteiger partial charge < -0.3 is 0 Å². The Balaban J connectivity index is 2.12. The Kier molecular flexibility index (Phi) is 2.61. The largest absolute Gasteiger partial charge is 0.268 e. The van der Waals surface area contributed by atoms with Crippen molar-refractivity contribution in [2.45, 2.75) is 0 Å². The van der Waals surface area contributed by atoms with Gasteiger partial charge in [0.1, 0.15) is 6.33 Å². The van der Waals surface area contributed by atoms with Gasteiger partial charge in [-0.05, 0) is 30.3 Å². The lowest BCUT2D eigenvalue weighted by Gasteiger charge is -2.03. The third kappa shape index (κ3) is 1.79. The number of benzene rings is 2. The van der Waals surface area contributed by atoms with Crippen LogP contribution in [0.5, 0.6) is 0 Å². The molecule has 0 amide bonds. The van der Waals surface area contributed by atoms with E-state index in [4.69, 9.17) is 11.6 Å². The molecular formula is C14H9ClN2O. The highest BCUT2D eigenvalue weighted by molar-refractivity contribution is 6.31. The van der Waals surface area contributed by atoms with Crippen molar-refractivity contribution in [1.82, 2.24) is 9.55 Å². The Morgan fingerprint density at radius 1 is 1.11 bits per heavy atom. The summed E-state index contributed by atoms with van der Waals surface area (Å²) in [5.41, 5.74) is 2.14. The minimum atomic E-state index is -0.133. The van der Waals surface area contributed by atoms with Crippen LogP contribution in [-0.4, -0.2) is 15.5 Å². The van der Waals surface area contributed by atoms with Crippen molar-refractivity contribution in [2.75, 3.05) is 0 Å². The highest BCUT2D eigenvalue weighted by atomic mass is 35.5. The van der Waals surface area contributed by atoms with Gasteiger partial charge in [0.05, 0.1) is 11.0 Å². The number of carbonyl (C=O) groups is 1. The van der Waals surface area contributed by atoms with Gasteiger partial charge in [0, 0.05) is 10.6 Å². The van der Waals surface area contributed by atoms with Gasteiger partial charge in [-0.3, -0.25) is 9.36 Å². The maximum Gasteiger partial charge on any atom is 0.263 e. The van der Waals surface area contributed by atoms with E-state index in [1.54, 1.807) is 24.3 Å². The zero-order valence-electron chi connectivity index (χ0n) is 9.38. The summed E-state index contributed by atoms with van der Waals surface area (Å²) in [6, 6.07) is 14.4. The van der Waals surface area contributed by atoms with Crippen LogP contribution in [0.1, 0.15) is 10.4 Å². The molecule has 0 aliphatic carbocycles. The number of halogens is 1. The summed E-state index contributed by atoms with van der Waals surface area (Å²) in [6.45, 7) is 0. The Morgan fingerprint density at radius 3 is 2.78 bits per heavy atom. The fourth-order valence-electron chi connectivity index (χ4n) is 1.88. The second-order valence-electron chi connectivity index (χ2n) is 3.92. The predicted molar refractivity (Wildman–Crippen MR) is 70.9 cm³/mol. The average molecular weight is 257 g/mol. The zero-order valence-corrected chi connectivity index (χ0v) is 10.1. The molecule has 0 radical (unpaired) electrons. The van der Waals surface area contributed by atoms with E-state index in [1.165, 1.54) is 10.9 Å². The van der Waals surface area contributed by atoms with Crippen LogP contribution in [0.25, 0.3) is 11.0 Å². The highest BCUT2D eigenvalue weighted by Crippen LogP contribution is 2.16. The first-order valence-electron chi connectivity index (χ1n) is 5.48. The molecule has 3 aromatic rings. The Hall–Kier alpha value is -2.13. The van der Waals surface area contributed by atoms with Gasteiger partial charge in [0.15, 0.2) is 0 Å². The maximum atomic E-state index is 12.3. The fraction of sp³-hybridized carbons (Fsp3) is 0. The molecule has 0 aliphatic rings. The molecule has 88 valence electrons. The molecule has 0 N–H and O–H groups in total. The van der Waals surface area contributed by atoms with E-state index in [2.05, 4.69) is 4.98 Å². The minimum absolute atomic E-state index is 0.133. The normalized spacial score (nSPS) is 10.7. The third-order valence-corrected chi connectivity index (χ3v) is 2.98. The number of hydrogen-bond donors (Lipinski definition) is 0. The lowest BCUT2D eigenvalue weighted by molar-refractivity contribution is 0.0964. The monoisotopic (exact) mass is 256 g/mol. The second kappa shape index (κ2) is 4.27. The summed E-state index contributed by atoms with van der Waals surface area (Å²) in [7, 11) is 0. The topological polar surface area (TPSA) is 34.9 Å². The molecule has 4 heteroatoms. The van der Waals surface area contributed by atoms with Gasteiger partial charge in [-0.2, -0.15) is 0 Å². The molecule has 2 aromatic carbocycles. The molecule has 3 nitrogen and oxygen atoms in total. The van der Waals surface area contributed by atoms with Crippen LogP contribution in [0.4, 0.5) is 0 Å². The number of nitrogens with zero attached hydrogens (tertiary/aromatic N) is 2. The van der Waals surface area contributed by atoms with E-state index in [0.717, 1.165) is 11.0 Å². The molecule has 0 saturated carbocycles. The minimum Gasteiger partial charge on any atom is -0.268 e. The van der Waals surface area contributed by atoms with Crippen LogP contribution in [0, 0.1) is 0 Å². The lowest BCUT2D eigenvalue weighted by atomic mass is 10.2. The van der Waals surface area contributed by atoms with Gasteiger partial charge in [0.25, 0.3) is 5.91 Å². The van der Waals surface area contributed by atoms with Crippen molar-refractivity contribution in [2.24, 2.45) is 0 Å². The van der Waals surface area contributed by atoms with Crippen molar-refractivity contribution in [3.05, 3.63) is 65.4 Å². The summed E-state index contributed by atoms with van der Waals surface area (Å²) >= 11 is 5.89. The molecule has 0 saturated heterocycles. The molecule has 0 unspecified atom stereocenters. The summed E-state index contributed by atoms with van der Waals surface area (Å²) in [6.07, 6.45) is 1.54. The van der Waals surface area contributed by atoms with E-state index in [9.17, 15) is 4.79 Å². The van der Waals surface area contributed by atoms with Crippen molar-refractivity contribution >= 4 is 28.5 Å². The zero-order chi connectivity index (χ0) is 12.5. The maximum absolute atomic E-state index is 12.3. The Labute approximate surface area is 109 Å². The first-order chi connectivity index (χ1) is 8.75. The smallest absolute Gasteiger partial charge is 0.263 e. The first kappa shape index (κ1) is 11.0. The van der Waals surface area contributed by atoms with Crippen LogP contribution in [0.15, 0.2) is 54.9 Å².